The van der Waals surface area contributed by atoms with E-state index in [4.69, 9.17) is 0 Å². The second-order valence-electron chi connectivity index (χ2n) is 4.48. The fourth-order valence-corrected chi connectivity index (χ4v) is 3.52. The molecule has 1 aromatic carbocycles. The first-order valence-corrected chi connectivity index (χ1v) is 8.23. The number of aromatic nitrogens is 2. The maximum Gasteiger partial charge on any atom is 0.177 e. The van der Waals surface area contributed by atoms with Crippen LogP contribution in [0.2, 0.25) is 0 Å². The summed E-state index contributed by atoms with van der Waals surface area (Å²) in [6, 6.07) is 5.94. The molecule has 0 aliphatic heterocycles. The number of hydrogen-bond acceptors (Lipinski definition) is 4. The molecule has 0 radical (unpaired) electrons. The molecule has 0 amide bonds. The van der Waals surface area contributed by atoms with Crippen LogP contribution in [0.5, 0.6) is 0 Å². The minimum atomic E-state index is -1.42. The largest absolute Gasteiger partial charge is 0.265 e. The highest BCUT2D eigenvalue weighted by Gasteiger charge is 2.26. The van der Waals surface area contributed by atoms with Crippen LogP contribution in [0.3, 0.4) is 0 Å². The molecule has 3 aromatic rings. The van der Waals surface area contributed by atoms with Gasteiger partial charge in [0.1, 0.15) is 0 Å². The van der Waals surface area contributed by atoms with E-state index in [2.05, 4.69) is 9.97 Å². The molecular formula is C16H8F4N2S2. The van der Waals surface area contributed by atoms with E-state index in [-0.39, 0.29) is 0 Å². The van der Waals surface area contributed by atoms with Crippen molar-refractivity contribution in [3.8, 4) is 0 Å². The van der Waals surface area contributed by atoms with E-state index in [1.165, 1.54) is 49.1 Å². The number of nitrogens with zero attached hydrogens (tertiary/aromatic N) is 2. The van der Waals surface area contributed by atoms with Crippen LogP contribution in [0.4, 0.5) is 17.6 Å². The molecule has 0 aliphatic carbocycles. The van der Waals surface area contributed by atoms with Crippen LogP contribution in [0.15, 0.2) is 68.6 Å². The summed E-state index contributed by atoms with van der Waals surface area (Å²) in [6.07, 6.45) is 5.66. The Morgan fingerprint density at radius 3 is 1.12 bits per heavy atom. The van der Waals surface area contributed by atoms with E-state index in [1.807, 2.05) is 0 Å². The second kappa shape index (κ2) is 7.23. The molecule has 0 spiro atoms. The Kier molecular flexibility index (Phi) is 5.06. The van der Waals surface area contributed by atoms with E-state index in [0.29, 0.717) is 33.3 Å². The Balaban J connectivity index is 2.02. The van der Waals surface area contributed by atoms with Gasteiger partial charge in [-0.25, -0.2) is 17.6 Å². The van der Waals surface area contributed by atoms with Crippen LogP contribution in [0.1, 0.15) is 0 Å². The van der Waals surface area contributed by atoms with E-state index in [0.717, 1.165) is 0 Å². The first-order valence-electron chi connectivity index (χ1n) is 6.59. The third-order valence-electron chi connectivity index (χ3n) is 2.92. The zero-order valence-electron chi connectivity index (χ0n) is 11.8. The third kappa shape index (κ3) is 3.39. The number of benzene rings is 1. The highest BCUT2D eigenvalue weighted by molar-refractivity contribution is 7.99. The lowest BCUT2D eigenvalue weighted by molar-refractivity contribution is 0.401. The van der Waals surface area contributed by atoms with Crippen LogP contribution in [-0.4, -0.2) is 9.97 Å². The highest BCUT2D eigenvalue weighted by atomic mass is 32.2. The van der Waals surface area contributed by atoms with Gasteiger partial charge < -0.3 is 0 Å². The van der Waals surface area contributed by atoms with E-state index in [9.17, 15) is 17.6 Å². The molecule has 0 saturated carbocycles. The monoisotopic (exact) mass is 368 g/mol. The van der Waals surface area contributed by atoms with Crippen molar-refractivity contribution in [3.63, 3.8) is 0 Å². The van der Waals surface area contributed by atoms with Gasteiger partial charge in [-0.1, -0.05) is 23.5 Å². The summed E-state index contributed by atoms with van der Waals surface area (Å²) in [6.45, 7) is 0. The van der Waals surface area contributed by atoms with E-state index in [1.54, 1.807) is 0 Å². The van der Waals surface area contributed by atoms with Crippen molar-refractivity contribution in [1.29, 1.82) is 0 Å². The third-order valence-corrected chi connectivity index (χ3v) is 5.06. The molecule has 0 saturated heterocycles. The number of pyridine rings is 2. The molecule has 0 fully saturated rings. The van der Waals surface area contributed by atoms with Gasteiger partial charge in [0.25, 0.3) is 0 Å². The Morgan fingerprint density at radius 2 is 0.833 bits per heavy atom. The lowest BCUT2D eigenvalue weighted by Gasteiger charge is -2.11. The van der Waals surface area contributed by atoms with Crippen LogP contribution in [0, 0.1) is 23.3 Å². The highest BCUT2D eigenvalue weighted by Crippen LogP contribution is 2.40. The Morgan fingerprint density at radius 1 is 0.542 bits per heavy atom. The van der Waals surface area contributed by atoms with Crippen molar-refractivity contribution in [2.24, 2.45) is 0 Å². The molecule has 122 valence electrons. The van der Waals surface area contributed by atoms with Crippen molar-refractivity contribution in [2.45, 2.75) is 19.6 Å². The van der Waals surface area contributed by atoms with E-state index >= 15 is 0 Å². The summed E-state index contributed by atoms with van der Waals surface area (Å²) in [4.78, 5) is 6.91. The lowest BCUT2D eigenvalue weighted by Crippen LogP contribution is -2.01. The molecule has 24 heavy (non-hydrogen) atoms. The van der Waals surface area contributed by atoms with E-state index < -0.39 is 33.1 Å². The van der Waals surface area contributed by atoms with Crippen molar-refractivity contribution in [1.82, 2.24) is 9.97 Å². The molecule has 0 aliphatic rings. The van der Waals surface area contributed by atoms with Gasteiger partial charge in [-0.2, -0.15) is 0 Å². The molecule has 2 aromatic heterocycles. The molecule has 0 unspecified atom stereocenters. The molecule has 3 rings (SSSR count). The zero-order valence-corrected chi connectivity index (χ0v) is 13.5. The van der Waals surface area contributed by atoms with Crippen molar-refractivity contribution in [2.75, 3.05) is 0 Å². The van der Waals surface area contributed by atoms with Crippen molar-refractivity contribution < 1.29 is 17.6 Å². The average Bonchev–Trinajstić information content (AvgIpc) is 2.62. The standard InChI is InChI=1S/C16H8F4N2S2/c17-11-13(19)16(24-10-3-7-22-8-4-10)14(20)12(18)15(11)23-9-1-5-21-6-2-9/h1-8H. The van der Waals surface area contributed by atoms with Gasteiger partial charge in [0, 0.05) is 34.6 Å². The topological polar surface area (TPSA) is 25.8 Å². The molecule has 2 heterocycles. The summed E-state index contributed by atoms with van der Waals surface area (Å²) in [5, 5.41) is 0. The summed E-state index contributed by atoms with van der Waals surface area (Å²) in [5.41, 5.74) is 0. The Labute approximate surface area is 143 Å². The van der Waals surface area contributed by atoms with Gasteiger partial charge in [0.15, 0.2) is 23.3 Å². The average molecular weight is 368 g/mol. The van der Waals surface area contributed by atoms with Crippen LogP contribution in [-0.2, 0) is 0 Å². The summed E-state index contributed by atoms with van der Waals surface area (Å²) in [5.74, 6) is -5.70. The van der Waals surface area contributed by atoms with Crippen molar-refractivity contribution in [3.05, 3.63) is 72.3 Å². The number of rotatable bonds is 4. The van der Waals surface area contributed by atoms with Gasteiger partial charge in [-0.3, -0.25) is 9.97 Å². The molecule has 0 N–H and O–H groups in total. The van der Waals surface area contributed by atoms with Gasteiger partial charge in [0.2, 0.25) is 0 Å². The summed E-state index contributed by atoms with van der Waals surface area (Å²) in [7, 11) is 0. The SMILES string of the molecule is Fc1c(F)c(Sc2ccncc2)c(F)c(F)c1Sc1ccncc1. The smallest absolute Gasteiger partial charge is 0.177 e. The number of halogens is 4. The lowest BCUT2D eigenvalue weighted by atomic mass is 10.3. The van der Waals surface area contributed by atoms with Crippen LogP contribution >= 0.6 is 23.5 Å². The molecule has 8 heteroatoms. The molecular weight excluding hydrogens is 360 g/mol. The predicted octanol–water partition coefficient (Wildman–Crippen LogP) is 5.34. The fourth-order valence-electron chi connectivity index (χ4n) is 1.82. The summed E-state index contributed by atoms with van der Waals surface area (Å²) >= 11 is 1.19. The molecule has 0 bridgehead atoms. The second-order valence-corrected chi connectivity index (χ2v) is 6.65. The first-order chi connectivity index (χ1) is 11.6. The fraction of sp³-hybridized carbons (Fsp3) is 0. The minimum Gasteiger partial charge on any atom is -0.265 e. The quantitative estimate of drug-likeness (QED) is 0.459. The van der Waals surface area contributed by atoms with Gasteiger partial charge in [0.05, 0.1) is 9.79 Å². The molecule has 0 atom stereocenters. The number of hydrogen-bond donors (Lipinski definition) is 0. The van der Waals surface area contributed by atoms with Crippen molar-refractivity contribution >= 4 is 23.5 Å². The predicted molar refractivity (Wildman–Crippen MR) is 83.0 cm³/mol. The van der Waals surface area contributed by atoms with Crippen LogP contribution < -0.4 is 0 Å². The minimum absolute atomic E-state index is 0.413. The maximum atomic E-state index is 14.2. The molecule has 2 nitrogen and oxygen atoms in total. The Bertz CT molecular complexity index is 759. The Hall–Kier alpha value is -2.06. The zero-order chi connectivity index (χ0) is 17.1. The van der Waals surface area contributed by atoms with Gasteiger partial charge in [-0.15, -0.1) is 0 Å². The normalized spacial score (nSPS) is 10.8. The van der Waals surface area contributed by atoms with Gasteiger partial charge in [-0.05, 0) is 24.3 Å². The maximum absolute atomic E-state index is 14.2. The van der Waals surface area contributed by atoms with Gasteiger partial charge >= 0.3 is 0 Å². The first kappa shape index (κ1) is 16.8. The van der Waals surface area contributed by atoms with Crippen LogP contribution in [0.25, 0.3) is 0 Å². The summed E-state index contributed by atoms with van der Waals surface area (Å²) < 4.78 is 57.0.